The minimum atomic E-state index is -3.52. The van der Waals surface area contributed by atoms with Gasteiger partial charge >= 0.3 is 0 Å². The third-order valence-corrected chi connectivity index (χ3v) is 4.84. The third-order valence-electron chi connectivity index (χ3n) is 3.82. The van der Waals surface area contributed by atoms with Gasteiger partial charge in [0.15, 0.2) is 5.65 Å². The largest absolute Gasteiger partial charge is 0.476 e. The molecule has 0 aromatic carbocycles. The van der Waals surface area contributed by atoms with Crippen molar-refractivity contribution < 1.29 is 13.2 Å². The van der Waals surface area contributed by atoms with E-state index in [-0.39, 0.29) is 12.4 Å². The van der Waals surface area contributed by atoms with E-state index >= 15 is 0 Å². The number of nitrogens with two attached hydrogens (primary N) is 1. The minimum absolute atomic E-state index is 0.0500. The summed E-state index contributed by atoms with van der Waals surface area (Å²) in [6.45, 7) is 0.288. The fourth-order valence-corrected chi connectivity index (χ4v) is 4.12. The normalized spacial score (nSPS) is 18.1. The van der Waals surface area contributed by atoms with Crippen molar-refractivity contribution in [3.63, 3.8) is 0 Å². The Kier molecular flexibility index (Phi) is 3.54. The van der Waals surface area contributed by atoms with Crippen LogP contribution in [0.1, 0.15) is 25.7 Å². The van der Waals surface area contributed by atoms with E-state index in [2.05, 4.69) is 15.2 Å². The van der Waals surface area contributed by atoms with Crippen LogP contribution in [0.5, 0.6) is 5.88 Å². The highest BCUT2D eigenvalue weighted by Crippen LogP contribution is 2.39. The molecule has 0 atom stereocenters. The number of nitrogens with zero attached hydrogens (tertiary/aromatic N) is 4. The summed E-state index contributed by atoms with van der Waals surface area (Å²) < 4.78 is 29.9. The Morgan fingerprint density at radius 3 is 2.81 bits per heavy atom. The molecule has 0 amide bonds. The maximum absolute atomic E-state index is 11.4. The summed E-state index contributed by atoms with van der Waals surface area (Å²) in [6.07, 6.45) is 5.00. The molecule has 0 bridgehead atoms. The molecule has 0 radical (unpaired) electrons. The van der Waals surface area contributed by atoms with Crippen molar-refractivity contribution in [3.05, 3.63) is 18.5 Å². The van der Waals surface area contributed by atoms with E-state index in [9.17, 15) is 8.42 Å². The quantitative estimate of drug-likeness (QED) is 0.852. The maximum Gasteiger partial charge on any atom is 0.233 e. The summed E-state index contributed by atoms with van der Waals surface area (Å²) in [5, 5.41) is 13.3. The number of rotatable bonds is 5. The molecule has 0 aliphatic heterocycles. The molecule has 8 nitrogen and oxygen atoms in total. The lowest BCUT2D eigenvalue weighted by Gasteiger charge is -2.27. The summed E-state index contributed by atoms with van der Waals surface area (Å²) in [6, 6.07) is 3.44. The second kappa shape index (κ2) is 5.23. The predicted molar refractivity (Wildman–Crippen MR) is 75.2 cm³/mol. The molecular formula is C12H17N5O3S. The molecule has 1 fully saturated rings. The average molecular weight is 311 g/mol. The van der Waals surface area contributed by atoms with Crippen LogP contribution in [-0.2, 0) is 10.0 Å². The molecule has 9 heteroatoms. The molecule has 0 unspecified atom stereocenters. The van der Waals surface area contributed by atoms with Gasteiger partial charge in [-0.05, 0) is 18.9 Å². The Bertz CT molecular complexity index is 736. The van der Waals surface area contributed by atoms with Crippen LogP contribution in [0, 0.1) is 5.41 Å². The lowest BCUT2D eigenvalue weighted by atomic mass is 9.90. The SMILES string of the molecule is NS(=O)(=O)CC1(COc2ccc3ncnn3n2)CCCC1. The number of primary sulfonamides is 1. The van der Waals surface area contributed by atoms with Gasteiger partial charge in [0.1, 0.15) is 6.33 Å². The number of hydrogen-bond donors (Lipinski definition) is 1. The molecule has 21 heavy (non-hydrogen) atoms. The molecule has 2 aromatic heterocycles. The van der Waals surface area contributed by atoms with Crippen LogP contribution in [0.25, 0.3) is 5.65 Å². The molecule has 0 saturated heterocycles. The van der Waals surface area contributed by atoms with E-state index < -0.39 is 15.4 Å². The first kappa shape index (κ1) is 14.2. The third kappa shape index (κ3) is 3.30. The molecule has 1 saturated carbocycles. The Balaban J connectivity index is 1.74. The van der Waals surface area contributed by atoms with E-state index in [4.69, 9.17) is 9.88 Å². The number of aromatic nitrogens is 4. The van der Waals surface area contributed by atoms with Gasteiger partial charge in [0.05, 0.1) is 12.4 Å². The summed E-state index contributed by atoms with van der Waals surface area (Å²) in [5.74, 6) is 0.347. The monoisotopic (exact) mass is 311 g/mol. The van der Waals surface area contributed by atoms with Crippen LogP contribution < -0.4 is 9.88 Å². The van der Waals surface area contributed by atoms with Gasteiger partial charge in [-0.25, -0.2) is 18.5 Å². The van der Waals surface area contributed by atoms with E-state index in [1.807, 2.05) is 0 Å². The highest BCUT2D eigenvalue weighted by molar-refractivity contribution is 7.89. The summed E-state index contributed by atoms with van der Waals surface area (Å²) in [7, 11) is -3.52. The molecule has 114 valence electrons. The second-order valence-electron chi connectivity index (χ2n) is 5.58. The fourth-order valence-electron chi connectivity index (χ4n) is 2.89. The van der Waals surface area contributed by atoms with Crippen LogP contribution in [0.2, 0.25) is 0 Å². The van der Waals surface area contributed by atoms with Gasteiger partial charge in [0.25, 0.3) is 0 Å². The number of hydrogen-bond acceptors (Lipinski definition) is 6. The zero-order valence-electron chi connectivity index (χ0n) is 11.5. The lowest BCUT2D eigenvalue weighted by molar-refractivity contribution is 0.163. The van der Waals surface area contributed by atoms with Gasteiger partial charge in [-0.3, -0.25) is 0 Å². The lowest BCUT2D eigenvalue weighted by Crippen LogP contribution is -2.36. The Labute approximate surface area is 122 Å². The standard InChI is InChI=1S/C12H17N5O3S/c13-21(18,19)8-12(5-1-2-6-12)7-20-11-4-3-10-14-9-15-17(10)16-11/h3-4,9H,1-2,5-8H2,(H2,13,18,19). The maximum atomic E-state index is 11.4. The molecule has 2 aromatic rings. The van der Waals surface area contributed by atoms with Crippen molar-refractivity contribution in [2.75, 3.05) is 12.4 Å². The first-order valence-corrected chi connectivity index (χ1v) is 8.48. The van der Waals surface area contributed by atoms with Gasteiger partial charge in [-0.15, -0.1) is 14.8 Å². The highest BCUT2D eigenvalue weighted by Gasteiger charge is 2.38. The highest BCUT2D eigenvalue weighted by atomic mass is 32.2. The van der Waals surface area contributed by atoms with Crippen molar-refractivity contribution in [3.8, 4) is 5.88 Å². The molecule has 2 heterocycles. The zero-order valence-corrected chi connectivity index (χ0v) is 12.3. The van der Waals surface area contributed by atoms with E-state index in [1.165, 1.54) is 11.0 Å². The molecule has 1 aliphatic carbocycles. The number of fused-ring (bicyclic) bond motifs is 1. The fraction of sp³-hybridized carbons (Fsp3) is 0.583. The van der Waals surface area contributed by atoms with Crippen molar-refractivity contribution in [1.82, 2.24) is 19.8 Å². The Morgan fingerprint density at radius 2 is 2.10 bits per heavy atom. The molecule has 0 spiro atoms. The first-order chi connectivity index (χ1) is 9.96. The Hall–Kier alpha value is -1.74. The van der Waals surface area contributed by atoms with Crippen LogP contribution in [0.4, 0.5) is 0 Å². The summed E-state index contributed by atoms with van der Waals surface area (Å²) in [5.41, 5.74) is 0.217. The van der Waals surface area contributed by atoms with Crippen molar-refractivity contribution in [2.45, 2.75) is 25.7 Å². The molecule has 2 N–H and O–H groups in total. The molecule has 1 aliphatic rings. The molecule has 3 rings (SSSR count). The minimum Gasteiger partial charge on any atom is -0.476 e. The smallest absolute Gasteiger partial charge is 0.233 e. The van der Waals surface area contributed by atoms with Crippen LogP contribution in [0.3, 0.4) is 0 Å². The zero-order chi connectivity index (χ0) is 14.9. The Morgan fingerprint density at radius 1 is 1.33 bits per heavy atom. The van der Waals surface area contributed by atoms with Crippen molar-refractivity contribution >= 4 is 15.7 Å². The molecular weight excluding hydrogens is 294 g/mol. The van der Waals surface area contributed by atoms with E-state index in [0.717, 1.165) is 25.7 Å². The van der Waals surface area contributed by atoms with Gasteiger partial charge in [0, 0.05) is 11.5 Å². The van der Waals surface area contributed by atoms with Crippen LogP contribution in [0.15, 0.2) is 18.5 Å². The van der Waals surface area contributed by atoms with Crippen molar-refractivity contribution in [2.24, 2.45) is 10.6 Å². The van der Waals surface area contributed by atoms with Gasteiger partial charge < -0.3 is 4.74 Å². The van der Waals surface area contributed by atoms with E-state index in [1.54, 1.807) is 12.1 Å². The van der Waals surface area contributed by atoms with Gasteiger partial charge in [-0.2, -0.15) is 0 Å². The average Bonchev–Trinajstić information content (AvgIpc) is 3.03. The second-order valence-corrected chi connectivity index (χ2v) is 7.20. The van der Waals surface area contributed by atoms with Gasteiger partial charge in [-0.1, -0.05) is 12.8 Å². The topological polar surface area (TPSA) is 112 Å². The van der Waals surface area contributed by atoms with Gasteiger partial charge in [0.2, 0.25) is 15.9 Å². The predicted octanol–water partition coefficient (Wildman–Crippen LogP) is 0.352. The number of ether oxygens (including phenoxy) is 1. The summed E-state index contributed by atoms with van der Waals surface area (Å²) in [4.78, 5) is 4.00. The van der Waals surface area contributed by atoms with E-state index in [0.29, 0.717) is 11.5 Å². The first-order valence-electron chi connectivity index (χ1n) is 6.76. The van der Waals surface area contributed by atoms with Crippen molar-refractivity contribution in [1.29, 1.82) is 0 Å². The van der Waals surface area contributed by atoms with Crippen LogP contribution in [-0.4, -0.2) is 40.6 Å². The van der Waals surface area contributed by atoms with Crippen LogP contribution >= 0.6 is 0 Å². The summed E-state index contributed by atoms with van der Waals surface area (Å²) >= 11 is 0. The number of sulfonamides is 1.